The third-order valence-electron chi connectivity index (χ3n) is 4.49. The molecular formula is C23H30FNO5S. The van der Waals surface area contributed by atoms with Gasteiger partial charge in [-0.15, -0.1) is 0 Å². The second-order valence-electron chi connectivity index (χ2n) is 8.53. The van der Waals surface area contributed by atoms with E-state index in [1.807, 2.05) is 20.8 Å². The lowest BCUT2D eigenvalue weighted by Crippen LogP contribution is -2.32. The highest BCUT2D eigenvalue weighted by Gasteiger charge is 2.23. The van der Waals surface area contributed by atoms with Crippen LogP contribution in [-0.4, -0.2) is 32.1 Å². The highest BCUT2D eigenvalue weighted by atomic mass is 32.2. The molecule has 170 valence electrons. The Morgan fingerprint density at radius 3 is 2.13 bits per heavy atom. The second-order valence-corrected chi connectivity index (χ2v) is 10.4. The normalized spacial score (nSPS) is 11.8. The summed E-state index contributed by atoms with van der Waals surface area (Å²) in [5.74, 6) is -0.221. The van der Waals surface area contributed by atoms with Crippen molar-refractivity contribution in [3.8, 4) is 11.5 Å². The minimum absolute atomic E-state index is 0.0590. The van der Waals surface area contributed by atoms with E-state index >= 15 is 0 Å². The lowest BCUT2D eigenvalue weighted by molar-refractivity contribution is -0.134. The van der Waals surface area contributed by atoms with Gasteiger partial charge in [0.2, 0.25) is 5.91 Å². The summed E-state index contributed by atoms with van der Waals surface area (Å²) in [5.41, 5.74) is 1.27. The van der Waals surface area contributed by atoms with Gasteiger partial charge in [-0.25, -0.2) is 4.39 Å². The molecule has 2 rings (SSSR count). The fourth-order valence-corrected chi connectivity index (χ4v) is 3.43. The number of benzene rings is 2. The van der Waals surface area contributed by atoms with Crippen LogP contribution in [0.25, 0.3) is 0 Å². The monoisotopic (exact) mass is 451 g/mol. The largest absolute Gasteiger partial charge is 0.493 e. The zero-order valence-corrected chi connectivity index (χ0v) is 19.5. The molecule has 0 spiro atoms. The van der Waals surface area contributed by atoms with Crippen molar-refractivity contribution < 1.29 is 26.5 Å². The molecule has 0 aliphatic carbocycles. The number of hydrogen-bond donors (Lipinski definition) is 0. The zero-order valence-electron chi connectivity index (χ0n) is 18.6. The van der Waals surface area contributed by atoms with Gasteiger partial charge in [-0.2, -0.15) is 8.42 Å². The average molecular weight is 452 g/mol. The maximum Gasteiger partial charge on any atom is 0.309 e. The summed E-state index contributed by atoms with van der Waals surface area (Å²) >= 11 is 0. The number of rotatable bonds is 9. The van der Waals surface area contributed by atoms with Gasteiger partial charge in [-0.3, -0.25) is 4.79 Å². The lowest BCUT2D eigenvalue weighted by Gasteiger charge is -2.27. The van der Waals surface area contributed by atoms with E-state index < -0.39 is 10.1 Å². The molecule has 0 fully saturated rings. The van der Waals surface area contributed by atoms with Crippen molar-refractivity contribution in [2.24, 2.45) is 5.41 Å². The van der Waals surface area contributed by atoms with Crippen molar-refractivity contribution in [3.63, 3.8) is 0 Å². The molecule has 2 aromatic rings. The van der Waals surface area contributed by atoms with E-state index in [1.54, 1.807) is 35.2 Å². The van der Waals surface area contributed by atoms with E-state index in [9.17, 15) is 17.6 Å². The van der Waals surface area contributed by atoms with Crippen LogP contribution in [0, 0.1) is 11.2 Å². The van der Waals surface area contributed by atoms with Crippen molar-refractivity contribution in [2.75, 3.05) is 12.9 Å². The van der Waals surface area contributed by atoms with Gasteiger partial charge in [0.15, 0.2) is 11.5 Å². The van der Waals surface area contributed by atoms with E-state index in [0.717, 1.165) is 5.56 Å². The Labute approximate surface area is 184 Å². The number of methoxy groups -OCH3 is 1. The number of hydrogen-bond acceptors (Lipinski definition) is 5. The molecule has 0 heterocycles. The number of carbonyl (C=O) groups is 1. The number of carbonyl (C=O) groups excluding carboxylic acids is 1. The van der Waals surface area contributed by atoms with Crippen molar-refractivity contribution in [1.82, 2.24) is 4.90 Å². The van der Waals surface area contributed by atoms with Gasteiger partial charge in [-0.1, -0.05) is 39.0 Å². The van der Waals surface area contributed by atoms with E-state index in [4.69, 9.17) is 8.92 Å². The fourth-order valence-electron chi connectivity index (χ4n) is 2.91. The van der Waals surface area contributed by atoms with E-state index in [-0.39, 0.29) is 40.9 Å². The Morgan fingerprint density at radius 2 is 1.58 bits per heavy atom. The number of nitrogens with zero attached hydrogens (tertiary/aromatic N) is 1. The molecule has 0 aliphatic rings. The highest BCUT2D eigenvalue weighted by molar-refractivity contribution is 7.87. The lowest BCUT2D eigenvalue weighted by atomic mass is 9.91. The molecule has 0 bridgehead atoms. The van der Waals surface area contributed by atoms with Crippen molar-refractivity contribution in [1.29, 1.82) is 0 Å². The average Bonchev–Trinajstić information content (AvgIpc) is 2.68. The first kappa shape index (κ1) is 24.7. The maximum atomic E-state index is 13.3. The first-order chi connectivity index (χ1) is 14.4. The molecule has 1 amide bonds. The molecule has 31 heavy (non-hydrogen) atoms. The summed E-state index contributed by atoms with van der Waals surface area (Å²) < 4.78 is 47.5. The van der Waals surface area contributed by atoms with Gasteiger partial charge in [0.05, 0.1) is 12.9 Å². The first-order valence-electron chi connectivity index (χ1n) is 10.0. The summed E-state index contributed by atoms with van der Waals surface area (Å²) in [4.78, 5) is 14.7. The van der Waals surface area contributed by atoms with Crippen LogP contribution in [0.4, 0.5) is 4.39 Å². The van der Waals surface area contributed by atoms with E-state index in [1.165, 1.54) is 26.2 Å². The minimum Gasteiger partial charge on any atom is -0.493 e. The van der Waals surface area contributed by atoms with Crippen LogP contribution in [0.2, 0.25) is 0 Å². The Balaban J connectivity index is 2.33. The summed E-state index contributed by atoms with van der Waals surface area (Å²) in [6, 6.07) is 10.9. The van der Waals surface area contributed by atoms with Crippen LogP contribution in [0.5, 0.6) is 11.5 Å². The summed E-state index contributed by atoms with van der Waals surface area (Å²) in [6.07, 6.45) is 0.331. The van der Waals surface area contributed by atoms with Crippen LogP contribution >= 0.6 is 0 Å². The zero-order chi connectivity index (χ0) is 23.2. The smallest absolute Gasteiger partial charge is 0.309 e. The molecule has 6 nitrogen and oxygen atoms in total. The molecule has 0 aromatic heterocycles. The predicted molar refractivity (Wildman–Crippen MR) is 118 cm³/mol. The molecule has 2 aromatic carbocycles. The van der Waals surface area contributed by atoms with Gasteiger partial charge in [0.1, 0.15) is 5.82 Å². The highest BCUT2D eigenvalue weighted by Crippen LogP contribution is 2.30. The molecule has 0 saturated heterocycles. The Bertz CT molecular complexity index is 998. The fraction of sp³-hybridized carbons (Fsp3) is 0.435. The SMILES string of the molecule is CCS(=O)(=O)Oc1cc(CN(Cc2ccc(F)cc2)C(=O)CC(C)(C)C)ccc1OC. The molecule has 0 atom stereocenters. The van der Waals surface area contributed by atoms with Gasteiger partial charge in [0.25, 0.3) is 0 Å². The Kier molecular flexibility index (Phi) is 8.06. The minimum atomic E-state index is -3.74. The van der Waals surface area contributed by atoms with Gasteiger partial charge < -0.3 is 13.8 Å². The Morgan fingerprint density at radius 1 is 1.00 bits per heavy atom. The Hall–Kier alpha value is -2.61. The quantitative estimate of drug-likeness (QED) is 0.524. The maximum absolute atomic E-state index is 13.3. The van der Waals surface area contributed by atoms with Crippen LogP contribution in [0.3, 0.4) is 0 Å². The van der Waals surface area contributed by atoms with Crippen molar-refractivity contribution >= 4 is 16.0 Å². The second kappa shape index (κ2) is 10.1. The molecule has 0 N–H and O–H groups in total. The number of ether oxygens (including phenoxy) is 1. The van der Waals surface area contributed by atoms with Crippen LogP contribution in [0.15, 0.2) is 42.5 Å². The van der Waals surface area contributed by atoms with E-state index in [2.05, 4.69) is 0 Å². The van der Waals surface area contributed by atoms with E-state index in [0.29, 0.717) is 18.5 Å². The summed E-state index contributed by atoms with van der Waals surface area (Å²) in [6.45, 7) is 7.96. The first-order valence-corrected chi connectivity index (χ1v) is 11.6. The molecule has 8 heteroatoms. The van der Waals surface area contributed by atoms with Crippen LogP contribution in [-0.2, 0) is 28.0 Å². The molecule has 0 radical (unpaired) electrons. The van der Waals surface area contributed by atoms with Crippen LogP contribution < -0.4 is 8.92 Å². The molecule has 0 saturated carbocycles. The standard InChI is InChI=1S/C23H30FNO5S/c1-6-31(27,28)30-21-13-18(9-12-20(21)29-5)16-25(22(26)14-23(2,3)4)15-17-7-10-19(24)11-8-17/h7-13H,6,14-16H2,1-5H3. The van der Waals surface area contributed by atoms with Crippen molar-refractivity contribution in [3.05, 3.63) is 59.4 Å². The molecule has 0 aliphatic heterocycles. The van der Waals surface area contributed by atoms with Crippen LogP contribution in [0.1, 0.15) is 45.2 Å². The molecular weight excluding hydrogens is 421 g/mol. The van der Waals surface area contributed by atoms with Gasteiger partial charge in [-0.05, 0) is 47.7 Å². The number of halogens is 1. The third-order valence-corrected chi connectivity index (χ3v) is 5.63. The topological polar surface area (TPSA) is 72.9 Å². The van der Waals surface area contributed by atoms with Gasteiger partial charge in [0, 0.05) is 19.5 Å². The summed E-state index contributed by atoms with van der Waals surface area (Å²) in [7, 11) is -2.31. The van der Waals surface area contributed by atoms with Crippen molar-refractivity contribution in [2.45, 2.75) is 47.2 Å². The van der Waals surface area contributed by atoms with Gasteiger partial charge >= 0.3 is 10.1 Å². The predicted octanol–water partition coefficient (Wildman–Crippen LogP) is 4.53. The molecule has 0 unspecified atom stereocenters. The third kappa shape index (κ3) is 7.86. The summed E-state index contributed by atoms with van der Waals surface area (Å²) in [5, 5.41) is 0. The number of amides is 1.